The molecule has 1 unspecified atom stereocenters. The van der Waals surface area contributed by atoms with Crippen LogP contribution in [0.4, 0.5) is 4.39 Å². The quantitative estimate of drug-likeness (QED) is 0.907. The van der Waals surface area contributed by atoms with E-state index in [0.717, 1.165) is 5.56 Å². The van der Waals surface area contributed by atoms with E-state index < -0.39 is 16.3 Å². The first-order valence-corrected chi connectivity index (χ1v) is 8.30. The van der Waals surface area contributed by atoms with Crippen LogP contribution >= 0.6 is 0 Å². The van der Waals surface area contributed by atoms with E-state index in [4.69, 9.17) is 9.66 Å². The molecule has 1 aromatic carbocycles. The Morgan fingerprint density at radius 1 is 1.36 bits per heavy atom. The minimum Gasteiger partial charge on any atom is -0.338 e. The van der Waals surface area contributed by atoms with Gasteiger partial charge >= 0.3 is 0 Å². The number of hydrogen-bond donors (Lipinski definition) is 1. The second-order valence-corrected chi connectivity index (χ2v) is 6.66. The molecule has 22 heavy (non-hydrogen) atoms. The number of aromatic nitrogens is 2. The Kier molecular flexibility index (Phi) is 3.94. The molecular weight excluding hydrogens is 311 g/mol. The number of nitrogens with two attached hydrogens (primary N) is 1. The third kappa shape index (κ3) is 3.16. The lowest BCUT2D eigenvalue weighted by Gasteiger charge is -2.17. The smallest absolute Gasteiger partial charge is 0.277 e. The van der Waals surface area contributed by atoms with Gasteiger partial charge in [-0.2, -0.15) is 17.7 Å². The molecule has 1 aromatic heterocycles. The Morgan fingerprint density at radius 3 is 2.77 bits per heavy atom. The third-order valence-corrected chi connectivity index (χ3v) is 4.67. The molecule has 1 saturated heterocycles. The number of halogens is 1. The molecule has 1 atom stereocenters. The van der Waals surface area contributed by atoms with Crippen molar-refractivity contribution in [3.63, 3.8) is 0 Å². The molecule has 0 spiro atoms. The normalized spacial score (nSPS) is 19.6. The van der Waals surface area contributed by atoms with Crippen molar-refractivity contribution in [1.29, 1.82) is 0 Å². The van der Waals surface area contributed by atoms with Gasteiger partial charge in [0.15, 0.2) is 5.82 Å². The fraction of sp³-hybridized carbons (Fsp3) is 0.385. The van der Waals surface area contributed by atoms with Crippen LogP contribution in [0.5, 0.6) is 0 Å². The zero-order valence-corrected chi connectivity index (χ0v) is 12.5. The lowest BCUT2D eigenvalue weighted by molar-refractivity contribution is 0.289. The summed E-state index contributed by atoms with van der Waals surface area (Å²) in [6, 6.07) is 5.48. The molecule has 0 bridgehead atoms. The maximum Gasteiger partial charge on any atom is 0.277 e. The van der Waals surface area contributed by atoms with Crippen molar-refractivity contribution < 1.29 is 17.3 Å². The first-order chi connectivity index (χ1) is 10.4. The molecule has 0 amide bonds. The van der Waals surface area contributed by atoms with Crippen molar-refractivity contribution in [2.45, 2.75) is 25.3 Å². The molecular formula is C13H15FN4O3S. The van der Waals surface area contributed by atoms with Gasteiger partial charge in [0.2, 0.25) is 5.89 Å². The van der Waals surface area contributed by atoms with Crippen molar-refractivity contribution in [1.82, 2.24) is 14.4 Å². The molecule has 0 aliphatic carbocycles. The van der Waals surface area contributed by atoms with Crippen LogP contribution in [0, 0.1) is 5.82 Å². The Bertz CT molecular complexity index is 760. The van der Waals surface area contributed by atoms with Crippen molar-refractivity contribution in [2.75, 3.05) is 6.54 Å². The first-order valence-electron chi connectivity index (χ1n) is 6.80. The van der Waals surface area contributed by atoms with E-state index in [2.05, 4.69) is 10.1 Å². The number of benzene rings is 1. The standard InChI is InChI=1S/C13H15FN4O3S/c14-10-5-3-9(4-6-10)8-12-16-13(21-17-12)11-2-1-7-18(11)22(15,19)20/h3-6,11H,1-2,7-8H2,(H2,15,19,20). The zero-order chi connectivity index (χ0) is 15.7. The Morgan fingerprint density at radius 2 is 2.09 bits per heavy atom. The zero-order valence-electron chi connectivity index (χ0n) is 11.6. The molecule has 2 heterocycles. The van der Waals surface area contributed by atoms with E-state index in [0.29, 0.717) is 31.6 Å². The van der Waals surface area contributed by atoms with Gasteiger partial charge in [0.25, 0.3) is 10.2 Å². The highest BCUT2D eigenvalue weighted by Gasteiger charge is 2.36. The van der Waals surface area contributed by atoms with E-state index in [9.17, 15) is 12.8 Å². The highest BCUT2D eigenvalue weighted by molar-refractivity contribution is 7.86. The Hall–Kier alpha value is -1.84. The van der Waals surface area contributed by atoms with Crippen LogP contribution in [0.15, 0.2) is 28.8 Å². The van der Waals surface area contributed by atoms with Crippen LogP contribution in [0.25, 0.3) is 0 Å². The van der Waals surface area contributed by atoms with Gasteiger partial charge in [-0.3, -0.25) is 0 Å². The van der Waals surface area contributed by atoms with Crippen LogP contribution in [-0.2, 0) is 16.6 Å². The van der Waals surface area contributed by atoms with E-state index in [-0.39, 0.29) is 11.7 Å². The van der Waals surface area contributed by atoms with E-state index >= 15 is 0 Å². The summed E-state index contributed by atoms with van der Waals surface area (Å²) in [7, 11) is -3.79. The van der Waals surface area contributed by atoms with Crippen LogP contribution in [0.3, 0.4) is 0 Å². The number of rotatable bonds is 4. The van der Waals surface area contributed by atoms with Gasteiger partial charge in [-0.05, 0) is 30.5 Å². The van der Waals surface area contributed by atoms with Gasteiger partial charge in [-0.1, -0.05) is 17.3 Å². The van der Waals surface area contributed by atoms with E-state index in [1.165, 1.54) is 16.4 Å². The van der Waals surface area contributed by atoms with Crippen LogP contribution in [0.1, 0.15) is 36.2 Å². The monoisotopic (exact) mass is 326 g/mol. The molecule has 7 nitrogen and oxygen atoms in total. The maximum absolute atomic E-state index is 12.9. The second-order valence-electron chi connectivity index (χ2n) is 5.17. The summed E-state index contributed by atoms with van der Waals surface area (Å²) in [4.78, 5) is 4.24. The molecule has 2 N–H and O–H groups in total. The summed E-state index contributed by atoms with van der Waals surface area (Å²) in [5.41, 5.74) is 0.837. The van der Waals surface area contributed by atoms with E-state index in [1.807, 2.05) is 0 Å². The van der Waals surface area contributed by atoms with Crippen LogP contribution in [-0.4, -0.2) is 29.4 Å². The fourth-order valence-corrected chi connectivity index (χ4v) is 3.48. The fourth-order valence-electron chi connectivity index (χ4n) is 2.55. The second kappa shape index (κ2) is 5.75. The summed E-state index contributed by atoms with van der Waals surface area (Å²) in [6.07, 6.45) is 1.66. The van der Waals surface area contributed by atoms with Crippen molar-refractivity contribution in [2.24, 2.45) is 5.14 Å². The van der Waals surface area contributed by atoms with Gasteiger partial charge in [-0.25, -0.2) is 9.53 Å². The summed E-state index contributed by atoms with van der Waals surface area (Å²) in [6.45, 7) is 0.346. The predicted molar refractivity (Wildman–Crippen MR) is 75.3 cm³/mol. The van der Waals surface area contributed by atoms with Crippen molar-refractivity contribution in [3.05, 3.63) is 47.4 Å². The lowest BCUT2D eigenvalue weighted by atomic mass is 10.1. The largest absolute Gasteiger partial charge is 0.338 e. The minimum atomic E-state index is -3.79. The minimum absolute atomic E-state index is 0.239. The third-order valence-electron chi connectivity index (χ3n) is 3.57. The average Bonchev–Trinajstić information content (AvgIpc) is 3.09. The van der Waals surface area contributed by atoms with Crippen LogP contribution in [0.2, 0.25) is 0 Å². The van der Waals surface area contributed by atoms with Crippen molar-refractivity contribution >= 4 is 10.2 Å². The molecule has 0 saturated carbocycles. The summed E-state index contributed by atoms with van der Waals surface area (Å²) in [5, 5.41) is 9.04. The van der Waals surface area contributed by atoms with Crippen LogP contribution < -0.4 is 5.14 Å². The van der Waals surface area contributed by atoms with Gasteiger partial charge in [0.1, 0.15) is 11.9 Å². The first kappa shape index (κ1) is 15.1. The Balaban J connectivity index is 1.77. The average molecular weight is 326 g/mol. The number of nitrogens with zero attached hydrogens (tertiary/aromatic N) is 3. The molecule has 1 aliphatic heterocycles. The van der Waals surface area contributed by atoms with E-state index in [1.54, 1.807) is 12.1 Å². The van der Waals surface area contributed by atoms with Gasteiger partial charge in [0, 0.05) is 13.0 Å². The molecule has 1 aliphatic rings. The lowest BCUT2D eigenvalue weighted by Crippen LogP contribution is -2.36. The summed E-state index contributed by atoms with van der Waals surface area (Å²) >= 11 is 0. The molecule has 2 aromatic rings. The maximum atomic E-state index is 12.9. The molecule has 3 rings (SSSR count). The SMILES string of the molecule is NS(=O)(=O)N1CCCC1c1nc(Cc2ccc(F)cc2)no1. The van der Waals surface area contributed by atoms with Gasteiger partial charge in [0.05, 0.1) is 0 Å². The molecule has 9 heteroatoms. The number of hydrogen-bond acceptors (Lipinski definition) is 5. The van der Waals surface area contributed by atoms with Crippen molar-refractivity contribution in [3.8, 4) is 0 Å². The highest BCUT2D eigenvalue weighted by atomic mass is 32.2. The molecule has 1 fully saturated rings. The highest BCUT2D eigenvalue weighted by Crippen LogP contribution is 2.32. The Labute approximate surface area is 127 Å². The molecule has 0 radical (unpaired) electrons. The topological polar surface area (TPSA) is 102 Å². The molecule has 118 valence electrons. The summed E-state index contributed by atoms with van der Waals surface area (Å²) in [5.74, 6) is 0.346. The van der Waals surface area contributed by atoms with Gasteiger partial charge in [-0.15, -0.1) is 0 Å². The summed E-state index contributed by atoms with van der Waals surface area (Å²) < 4.78 is 42.3. The van der Waals surface area contributed by atoms with Gasteiger partial charge < -0.3 is 4.52 Å². The predicted octanol–water partition coefficient (Wildman–Crippen LogP) is 1.14.